The minimum absolute atomic E-state index is 0. The summed E-state index contributed by atoms with van der Waals surface area (Å²) in [5.74, 6) is 0. The highest BCUT2D eigenvalue weighted by molar-refractivity contribution is 7.59. The SMILES string of the molecule is O=C(Cl)O[C@H]1CCOC1.S. The first kappa shape index (κ1) is 10.1. The van der Waals surface area contributed by atoms with Crippen LogP contribution in [-0.4, -0.2) is 24.7 Å². The Hall–Kier alpha value is 0.0700. The van der Waals surface area contributed by atoms with E-state index in [1.165, 1.54) is 0 Å². The maximum atomic E-state index is 10.1. The third-order valence-corrected chi connectivity index (χ3v) is 1.24. The van der Waals surface area contributed by atoms with E-state index in [1.807, 2.05) is 0 Å². The van der Waals surface area contributed by atoms with Crippen molar-refractivity contribution in [2.45, 2.75) is 12.5 Å². The van der Waals surface area contributed by atoms with Crippen molar-refractivity contribution in [2.24, 2.45) is 0 Å². The molecule has 0 amide bonds. The predicted molar refractivity (Wildman–Crippen MR) is 41.9 cm³/mol. The monoisotopic (exact) mass is 184 g/mol. The van der Waals surface area contributed by atoms with Gasteiger partial charge in [0.15, 0.2) is 0 Å². The average Bonchev–Trinajstić information content (AvgIpc) is 2.15. The number of ether oxygens (including phenoxy) is 2. The van der Waals surface area contributed by atoms with Crippen molar-refractivity contribution in [3.05, 3.63) is 0 Å². The number of carbonyl (C=O) groups is 1. The molecule has 60 valence electrons. The van der Waals surface area contributed by atoms with E-state index in [9.17, 15) is 4.79 Å². The summed E-state index contributed by atoms with van der Waals surface area (Å²) in [5, 5.41) is 0. The summed E-state index contributed by atoms with van der Waals surface area (Å²) in [6.07, 6.45) is 0.647. The van der Waals surface area contributed by atoms with Crippen molar-refractivity contribution in [1.29, 1.82) is 0 Å². The second-order valence-corrected chi connectivity index (χ2v) is 2.15. The smallest absolute Gasteiger partial charge is 0.404 e. The van der Waals surface area contributed by atoms with Crippen LogP contribution in [0.2, 0.25) is 0 Å². The Bertz CT molecular complexity index is 113. The fourth-order valence-electron chi connectivity index (χ4n) is 0.737. The molecular weight excluding hydrogens is 176 g/mol. The van der Waals surface area contributed by atoms with Crippen LogP contribution in [0.5, 0.6) is 0 Å². The summed E-state index contributed by atoms with van der Waals surface area (Å²) >= 11 is 4.94. The maximum Gasteiger partial charge on any atom is 0.404 e. The van der Waals surface area contributed by atoms with Crippen molar-refractivity contribution in [3.8, 4) is 0 Å². The summed E-state index contributed by atoms with van der Waals surface area (Å²) in [7, 11) is 0. The van der Waals surface area contributed by atoms with Crippen LogP contribution in [-0.2, 0) is 9.47 Å². The van der Waals surface area contributed by atoms with Crippen LogP contribution in [0.3, 0.4) is 0 Å². The fraction of sp³-hybridized carbons (Fsp3) is 0.800. The first-order valence-electron chi connectivity index (χ1n) is 2.73. The minimum Gasteiger partial charge on any atom is -0.448 e. The molecule has 0 aliphatic carbocycles. The lowest BCUT2D eigenvalue weighted by Crippen LogP contribution is -2.13. The molecule has 1 fully saturated rings. The van der Waals surface area contributed by atoms with E-state index < -0.39 is 5.43 Å². The Labute approximate surface area is 71.1 Å². The molecule has 0 saturated carbocycles. The van der Waals surface area contributed by atoms with Crippen molar-refractivity contribution < 1.29 is 14.3 Å². The number of rotatable bonds is 1. The van der Waals surface area contributed by atoms with Gasteiger partial charge in [-0.05, 0) is 0 Å². The van der Waals surface area contributed by atoms with E-state index in [2.05, 4.69) is 4.74 Å². The van der Waals surface area contributed by atoms with Crippen LogP contribution in [0.4, 0.5) is 4.79 Å². The van der Waals surface area contributed by atoms with Gasteiger partial charge in [-0.2, -0.15) is 13.5 Å². The standard InChI is InChI=1S/C5H7ClO3.H2S/c6-5(7)9-4-1-2-8-3-4;/h4H,1-3H2;1H2/t4-;/m0./s1. The van der Waals surface area contributed by atoms with E-state index in [4.69, 9.17) is 16.3 Å². The lowest BCUT2D eigenvalue weighted by molar-refractivity contribution is 0.101. The van der Waals surface area contributed by atoms with Crippen molar-refractivity contribution in [1.82, 2.24) is 0 Å². The van der Waals surface area contributed by atoms with Crippen molar-refractivity contribution >= 4 is 30.5 Å². The van der Waals surface area contributed by atoms with Gasteiger partial charge in [-0.25, -0.2) is 4.79 Å². The van der Waals surface area contributed by atoms with Gasteiger partial charge < -0.3 is 9.47 Å². The molecule has 0 aromatic heterocycles. The molecular formula is C5H9ClO3S. The molecule has 3 nitrogen and oxygen atoms in total. The molecule has 0 aromatic carbocycles. The summed E-state index contributed by atoms with van der Waals surface area (Å²) in [5.41, 5.74) is -0.745. The zero-order valence-electron chi connectivity index (χ0n) is 5.30. The Balaban J connectivity index is 0.000000810. The number of carbonyl (C=O) groups excluding carboxylic acids is 1. The quantitative estimate of drug-likeness (QED) is 0.576. The van der Waals surface area contributed by atoms with Crippen LogP contribution in [0, 0.1) is 0 Å². The molecule has 1 aliphatic heterocycles. The maximum absolute atomic E-state index is 10.1. The topological polar surface area (TPSA) is 35.5 Å². The zero-order valence-corrected chi connectivity index (χ0v) is 7.06. The van der Waals surface area contributed by atoms with Crippen LogP contribution >= 0.6 is 25.1 Å². The van der Waals surface area contributed by atoms with Gasteiger partial charge in [-0.3, -0.25) is 0 Å². The summed E-state index contributed by atoms with van der Waals surface area (Å²) < 4.78 is 9.53. The molecule has 1 aliphatic rings. The third-order valence-electron chi connectivity index (χ3n) is 1.15. The Kier molecular flexibility index (Phi) is 4.85. The van der Waals surface area contributed by atoms with Crippen molar-refractivity contribution in [2.75, 3.05) is 13.2 Å². The van der Waals surface area contributed by atoms with Gasteiger partial charge in [0, 0.05) is 18.0 Å². The molecule has 0 N–H and O–H groups in total. The van der Waals surface area contributed by atoms with Gasteiger partial charge in [-0.15, -0.1) is 0 Å². The first-order chi connectivity index (χ1) is 4.29. The van der Waals surface area contributed by atoms with Crippen LogP contribution in [0.15, 0.2) is 0 Å². The molecule has 5 heteroatoms. The lowest BCUT2D eigenvalue weighted by Gasteiger charge is -2.04. The Morgan fingerprint density at radius 1 is 1.70 bits per heavy atom. The van der Waals surface area contributed by atoms with E-state index in [1.54, 1.807) is 0 Å². The van der Waals surface area contributed by atoms with Crippen molar-refractivity contribution in [3.63, 3.8) is 0 Å². The molecule has 1 rings (SSSR count). The van der Waals surface area contributed by atoms with Gasteiger partial charge >= 0.3 is 5.43 Å². The van der Waals surface area contributed by atoms with Gasteiger partial charge in [0.25, 0.3) is 0 Å². The molecule has 1 heterocycles. The fourth-order valence-corrected chi connectivity index (χ4v) is 0.863. The Morgan fingerprint density at radius 2 is 2.40 bits per heavy atom. The summed E-state index contributed by atoms with van der Waals surface area (Å²) in [6.45, 7) is 1.15. The predicted octanol–water partition coefficient (Wildman–Crippen LogP) is 1.26. The highest BCUT2D eigenvalue weighted by Crippen LogP contribution is 2.09. The lowest BCUT2D eigenvalue weighted by atomic mass is 10.3. The van der Waals surface area contributed by atoms with Crippen LogP contribution < -0.4 is 0 Å². The first-order valence-corrected chi connectivity index (χ1v) is 3.10. The minimum atomic E-state index is -0.745. The van der Waals surface area contributed by atoms with Crippen LogP contribution in [0.1, 0.15) is 6.42 Å². The summed E-state index contributed by atoms with van der Waals surface area (Å²) in [6, 6.07) is 0. The third kappa shape index (κ3) is 3.29. The molecule has 0 aromatic rings. The number of halogens is 1. The average molecular weight is 185 g/mol. The van der Waals surface area contributed by atoms with Crippen LogP contribution in [0.25, 0.3) is 0 Å². The molecule has 0 bridgehead atoms. The molecule has 10 heavy (non-hydrogen) atoms. The second kappa shape index (κ2) is 4.82. The van der Waals surface area contributed by atoms with E-state index in [0.717, 1.165) is 6.42 Å². The summed E-state index contributed by atoms with van der Waals surface area (Å²) in [4.78, 5) is 10.1. The van der Waals surface area contributed by atoms with E-state index in [0.29, 0.717) is 13.2 Å². The molecule has 0 spiro atoms. The number of hydrogen-bond acceptors (Lipinski definition) is 3. The second-order valence-electron chi connectivity index (χ2n) is 1.84. The van der Waals surface area contributed by atoms with Gasteiger partial charge in [-0.1, -0.05) is 0 Å². The van der Waals surface area contributed by atoms with Gasteiger partial charge in [0.05, 0.1) is 13.2 Å². The van der Waals surface area contributed by atoms with Gasteiger partial charge in [0.1, 0.15) is 6.10 Å². The normalized spacial score (nSPS) is 23.5. The molecule has 0 unspecified atom stereocenters. The molecule has 1 atom stereocenters. The molecule has 0 radical (unpaired) electrons. The zero-order chi connectivity index (χ0) is 6.69. The number of hydrogen-bond donors (Lipinski definition) is 0. The molecule has 1 saturated heterocycles. The Morgan fingerprint density at radius 3 is 2.80 bits per heavy atom. The van der Waals surface area contributed by atoms with E-state index >= 15 is 0 Å². The van der Waals surface area contributed by atoms with E-state index in [-0.39, 0.29) is 19.6 Å². The highest BCUT2D eigenvalue weighted by Gasteiger charge is 2.18. The largest absolute Gasteiger partial charge is 0.448 e. The highest BCUT2D eigenvalue weighted by atomic mass is 35.5. The van der Waals surface area contributed by atoms with Gasteiger partial charge in [0.2, 0.25) is 0 Å².